The van der Waals surface area contributed by atoms with Gasteiger partial charge < -0.3 is 10.2 Å². The van der Waals surface area contributed by atoms with Crippen molar-refractivity contribution in [3.05, 3.63) is 71.1 Å². The maximum absolute atomic E-state index is 12.7. The van der Waals surface area contributed by atoms with E-state index < -0.39 is 0 Å². The minimum Gasteiger partial charge on any atom is -0.351 e. The number of hydrogen-bond donors (Lipinski definition) is 1. The zero-order valence-corrected chi connectivity index (χ0v) is 14.2. The van der Waals surface area contributed by atoms with Crippen molar-refractivity contribution in [3.8, 4) is 0 Å². The van der Waals surface area contributed by atoms with Gasteiger partial charge >= 0.3 is 0 Å². The number of likely N-dealkylation sites (N-methyl/N-ethyl adjacent to an activating group) is 1. The summed E-state index contributed by atoms with van der Waals surface area (Å²) in [7, 11) is 4.01. The summed E-state index contributed by atoms with van der Waals surface area (Å²) in [5.74, 6) is 0.0529. The van der Waals surface area contributed by atoms with Gasteiger partial charge in [0.05, 0.1) is 0 Å². The lowest BCUT2D eigenvalue weighted by Gasteiger charge is -2.12. The smallest absolute Gasteiger partial charge is 0.247 e. The van der Waals surface area contributed by atoms with Gasteiger partial charge in [-0.2, -0.15) is 0 Å². The van der Waals surface area contributed by atoms with E-state index in [1.807, 2.05) is 38.4 Å². The van der Waals surface area contributed by atoms with Gasteiger partial charge in [0.1, 0.15) is 0 Å². The molecule has 24 heavy (non-hydrogen) atoms. The maximum Gasteiger partial charge on any atom is 0.247 e. The van der Waals surface area contributed by atoms with Gasteiger partial charge in [-0.1, -0.05) is 24.3 Å². The third kappa shape index (κ3) is 3.71. The van der Waals surface area contributed by atoms with Crippen molar-refractivity contribution in [2.45, 2.75) is 12.8 Å². The Balaban J connectivity index is 1.85. The Morgan fingerprint density at radius 1 is 1.17 bits per heavy atom. The highest BCUT2D eigenvalue weighted by atomic mass is 16.1. The molecule has 2 aromatic rings. The van der Waals surface area contributed by atoms with Crippen LogP contribution in [0, 0.1) is 0 Å². The number of nitrogens with zero attached hydrogens (tertiary/aromatic N) is 2. The lowest BCUT2D eigenvalue weighted by molar-refractivity contribution is -0.117. The molecule has 1 amide bonds. The SMILES string of the molecule is CN(C)CCNC(=O)C1=C(Cc2ccncc2)c2ccccc2C1. The zero-order chi connectivity index (χ0) is 16.9. The Morgan fingerprint density at radius 2 is 1.92 bits per heavy atom. The largest absolute Gasteiger partial charge is 0.351 e. The van der Waals surface area contributed by atoms with Gasteiger partial charge in [0.2, 0.25) is 5.91 Å². The minimum atomic E-state index is 0.0529. The highest BCUT2D eigenvalue weighted by Crippen LogP contribution is 2.35. The molecular weight excluding hydrogens is 298 g/mol. The number of carbonyl (C=O) groups is 1. The van der Waals surface area contributed by atoms with Gasteiger partial charge in [-0.05, 0) is 54.9 Å². The summed E-state index contributed by atoms with van der Waals surface area (Å²) in [6.07, 6.45) is 5.07. The average Bonchev–Trinajstić information content (AvgIpc) is 2.94. The lowest BCUT2D eigenvalue weighted by atomic mass is 9.98. The van der Waals surface area contributed by atoms with E-state index in [9.17, 15) is 4.79 Å². The van der Waals surface area contributed by atoms with E-state index in [2.05, 4.69) is 27.3 Å². The molecule has 0 unspecified atom stereocenters. The average molecular weight is 321 g/mol. The van der Waals surface area contributed by atoms with E-state index in [1.165, 1.54) is 16.7 Å². The van der Waals surface area contributed by atoms with Crippen LogP contribution >= 0.6 is 0 Å². The number of aromatic nitrogens is 1. The highest BCUT2D eigenvalue weighted by Gasteiger charge is 2.25. The first-order valence-corrected chi connectivity index (χ1v) is 8.27. The third-order valence-electron chi connectivity index (χ3n) is 4.32. The van der Waals surface area contributed by atoms with Crippen molar-refractivity contribution in [2.75, 3.05) is 27.2 Å². The fourth-order valence-corrected chi connectivity index (χ4v) is 3.05. The molecule has 0 radical (unpaired) electrons. The van der Waals surface area contributed by atoms with E-state index in [4.69, 9.17) is 0 Å². The van der Waals surface area contributed by atoms with Crippen LogP contribution in [0.4, 0.5) is 0 Å². The van der Waals surface area contributed by atoms with E-state index in [1.54, 1.807) is 12.4 Å². The minimum absolute atomic E-state index is 0.0529. The molecule has 1 aliphatic carbocycles. The van der Waals surface area contributed by atoms with Crippen LogP contribution in [-0.4, -0.2) is 43.0 Å². The fourth-order valence-electron chi connectivity index (χ4n) is 3.05. The fraction of sp³-hybridized carbons (Fsp3) is 0.300. The number of fused-ring (bicyclic) bond motifs is 1. The molecule has 0 aliphatic heterocycles. The first kappa shape index (κ1) is 16.4. The van der Waals surface area contributed by atoms with Crippen molar-refractivity contribution < 1.29 is 4.79 Å². The van der Waals surface area contributed by atoms with Crippen LogP contribution < -0.4 is 5.32 Å². The summed E-state index contributed by atoms with van der Waals surface area (Å²) in [5, 5.41) is 3.06. The predicted molar refractivity (Wildman–Crippen MR) is 96.6 cm³/mol. The highest BCUT2D eigenvalue weighted by molar-refractivity contribution is 6.04. The molecule has 3 rings (SSSR count). The predicted octanol–water partition coefficient (Wildman–Crippen LogP) is 2.31. The normalized spacial score (nSPS) is 13.3. The molecule has 1 aromatic carbocycles. The van der Waals surface area contributed by atoms with Crippen molar-refractivity contribution in [1.29, 1.82) is 0 Å². The number of benzene rings is 1. The summed E-state index contributed by atoms with van der Waals surface area (Å²) in [5.41, 5.74) is 5.65. The van der Waals surface area contributed by atoms with E-state index in [0.29, 0.717) is 13.0 Å². The summed E-state index contributed by atoms with van der Waals surface area (Å²) in [6.45, 7) is 1.50. The summed E-state index contributed by atoms with van der Waals surface area (Å²) in [4.78, 5) is 18.8. The molecule has 1 N–H and O–H groups in total. The second-order valence-electron chi connectivity index (χ2n) is 6.38. The van der Waals surface area contributed by atoms with Crippen LogP contribution in [0.2, 0.25) is 0 Å². The molecular formula is C20H23N3O. The number of carbonyl (C=O) groups excluding carboxylic acids is 1. The zero-order valence-electron chi connectivity index (χ0n) is 14.2. The van der Waals surface area contributed by atoms with Gasteiger partial charge in [0.25, 0.3) is 0 Å². The first-order valence-electron chi connectivity index (χ1n) is 8.27. The van der Waals surface area contributed by atoms with Crippen molar-refractivity contribution in [3.63, 3.8) is 0 Å². The monoisotopic (exact) mass is 321 g/mol. The topological polar surface area (TPSA) is 45.2 Å². The van der Waals surface area contributed by atoms with Gasteiger partial charge in [-0.15, -0.1) is 0 Å². The van der Waals surface area contributed by atoms with Crippen LogP contribution in [-0.2, 0) is 17.6 Å². The van der Waals surface area contributed by atoms with Crippen molar-refractivity contribution in [1.82, 2.24) is 15.2 Å². The Bertz CT molecular complexity index is 750. The molecule has 1 aliphatic rings. The molecule has 4 heteroatoms. The summed E-state index contributed by atoms with van der Waals surface area (Å²) in [6, 6.07) is 12.3. The Morgan fingerprint density at radius 3 is 2.67 bits per heavy atom. The Kier molecular flexibility index (Phi) is 5.06. The van der Waals surface area contributed by atoms with Crippen LogP contribution in [0.1, 0.15) is 16.7 Å². The molecule has 0 saturated carbocycles. The first-order chi connectivity index (χ1) is 11.6. The van der Waals surface area contributed by atoms with E-state index in [0.717, 1.165) is 24.1 Å². The van der Waals surface area contributed by atoms with Crippen LogP contribution in [0.15, 0.2) is 54.4 Å². The standard InChI is InChI=1S/C20H23N3O/c1-23(2)12-11-22-20(24)19-14-16-5-3-4-6-17(16)18(19)13-15-7-9-21-10-8-15/h3-10H,11-14H2,1-2H3,(H,22,24). The molecule has 124 valence electrons. The summed E-state index contributed by atoms with van der Waals surface area (Å²) >= 11 is 0. The molecule has 0 atom stereocenters. The number of rotatable bonds is 6. The van der Waals surface area contributed by atoms with E-state index >= 15 is 0 Å². The summed E-state index contributed by atoms with van der Waals surface area (Å²) < 4.78 is 0. The van der Waals surface area contributed by atoms with Gasteiger partial charge in [0, 0.05) is 37.5 Å². The number of nitrogens with one attached hydrogen (secondary N) is 1. The molecule has 0 bridgehead atoms. The number of hydrogen-bond acceptors (Lipinski definition) is 3. The molecule has 0 saturated heterocycles. The van der Waals surface area contributed by atoms with Crippen LogP contribution in [0.3, 0.4) is 0 Å². The molecule has 1 heterocycles. The Hall–Kier alpha value is -2.46. The Labute approximate surface area is 143 Å². The molecule has 1 aromatic heterocycles. The second-order valence-corrected chi connectivity index (χ2v) is 6.38. The number of amides is 1. The molecule has 4 nitrogen and oxygen atoms in total. The second kappa shape index (κ2) is 7.41. The van der Waals surface area contributed by atoms with Crippen LogP contribution in [0.25, 0.3) is 5.57 Å². The van der Waals surface area contributed by atoms with Gasteiger partial charge in [-0.3, -0.25) is 9.78 Å². The number of pyridine rings is 1. The quantitative estimate of drug-likeness (QED) is 0.888. The van der Waals surface area contributed by atoms with Gasteiger partial charge in [-0.25, -0.2) is 0 Å². The van der Waals surface area contributed by atoms with Crippen molar-refractivity contribution in [2.24, 2.45) is 0 Å². The van der Waals surface area contributed by atoms with E-state index in [-0.39, 0.29) is 5.91 Å². The molecule has 0 fully saturated rings. The lowest BCUT2D eigenvalue weighted by Crippen LogP contribution is -2.32. The molecule has 0 spiro atoms. The maximum atomic E-state index is 12.7. The van der Waals surface area contributed by atoms with Gasteiger partial charge in [0.15, 0.2) is 0 Å². The third-order valence-corrected chi connectivity index (χ3v) is 4.32. The van der Waals surface area contributed by atoms with Crippen molar-refractivity contribution >= 4 is 11.5 Å². The number of allylic oxidation sites excluding steroid dienone is 1. The van der Waals surface area contributed by atoms with Crippen LogP contribution in [0.5, 0.6) is 0 Å².